The standard InChI is InChI=1S/C21H26N2O3/c1-5-8-16-12-17(13-19(25-3)20(16)26-4)21(24)23-18-10-7-9-15(11-18)14-22-6-2/h5,7,9-13,22H,1,6,8,14H2,2-4H3,(H,23,24). The summed E-state index contributed by atoms with van der Waals surface area (Å²) in [5.74, 6) is 0.950. The van der Waals surface area contributed by atoms with Crippen molar-refractivity contribution in [2.45, 2.75) is 19.9 Å². The molecule has 138 valence electrons. The second-order valence-corrected chi connectivity index (χ2v) is 5.80. The van der Waals surface area contributed by atoms with Gasteiger partial charge in [-0.2, -0.15) is 0 Å². The molecule has 0 radical (unpaired) electrons. The highest BCUT2D eigenvalue weighted by molar-refractivity contribution is 6.05. The number of carbonyl (C=O) groups is 1. The van der Waals surface area contributed by atoms with E-state index in [1.165, 1.54) is 0 Å². The lowest BCUT2D eigenvalue weighted by molar-refractivity contribution is 0.102. The van der Waals surface area contributed by atoms with Gasteiger partial charge < -0.3 is 20.1 Å². The van der Waals surface area contributed by atoms with Gasteiger partial charge in [-0.3, -0.25) is 4.79 Å². The smallest absolute Gasteiger partial charge is 0.255 e. The molecule has 5 heteroatoms. The van der Waals surface area contributed by atoms with Crippen molar-refractivity contribution in [3.63, 3.8) is 0 Å². The Bertz CT molecular complexity index is 772. The third kappa shape index (κ3) is 4.86. The molecule has 5 nitrogen and oxygen atoms in total. The van der Waals surface area contributed by atoms with Gasteiger partial charge in [0.05, 0.1) is 14.2 Å². The fourth-order valence-corrected chi connectivity index (χ4v) is 2.71. The minimum Gasteiger partial charge on any atom is -0.493 e. The van der Waals surface area contributed by atoms with Crippen molar-refractivity contribution in [2.75, 3.05) is 26.1 Å². The minimum absolute atomic E-state index is 0.197. The van der Waals surface area contributed by atoms with Gasteiger partial charge in [-0.15, -0.1) is 6.58 Å². The quantitative estimate of drug-likeness (QED) is 0.673. The predicted molar refractivity (Wildman–Crippen MR) is 105 cm³/mol. The zero-order valence-electron chi connectivity index (χ0n) is 15.6. The summed E-state index contributed by atoms with van der Waals surface area (Å²) in [5, 5.41) is 6.22. The zero-order chi connectivity index (χ0) is 18.9. The van der Waals surface area contributed by atoms with E-state index in [0.717, 1.165) is 29.9 Å². The van der Waals surface area contributed by atoms with Crippen LogP contribution in [0.1, 0.15) is 28.4 Å². The number of anilines is 1. The summed E-state index contributed by atoms with van der Waals surface area (Å²) >= 11 is 0. The van der Waals surface area contributed by atoms with Gasteiger partial charge in [0.15, 0.2) is 11.5 Å². The average molecular weight is 354 g/mol. The molecule has 0 spiro atoms. The van der Waals surface area contributed by atoms with Crippen LogP contribution in [-0.2, 0) is 13.0 Å². The third-order valence-corrected chi connectivity index (χ3v) is 3.95. The molecule has 0 fully saturated rings. The van der Waals surface area contributed by atoms with Gasteiger partial charge in [0.2, 0.25) is 0 Å². The maximum atomic E-state index is 12.7. The van der Waals surface area contributed by atoms with Crippen LogP contribution in [0.3, 0.4) is 0 Å². The zero-order valence-corrected chi connectivity index (χ0v) is 15.6. The molecule has 2 aromatic carbocycles. The molecule has 0 saturated carbocycles. The van der Waals surface area contributed by atoms with Crippen LogP contribution in [0, 0.1) is 0 Å². The van der Waals surface area contributed by atoms with Crippen LogP contribution in [0.15, 0.2) is 49.1 Å². The van der Waals surface area contributed by atoms with Crippen molar-refractivity contribution in [3.05, 3.63) is 65.7 Å². The molecule has 1 amide bonds. The molecule has 0 aliphatic rings. The van der Waals surface area contributed by atoms with Gasteiger partial charge in [-0.25, -0.2) is 0 Å². The van der Waals surface area contributed by atoms with E-state index in [-0.39, 0.29) is 5.91 Å². The van der Waals surface area contributed by atoms with Crippen LogP contribution >= 0.6 is 0 Å². The van der Waals surface area contributed by atoms with Gasteiger partial charge in [0, 0.05) is 23.4 Å². The number of amides is 1. The molecule has 0 aliphatic carbocycles. The Hall–Kier alpha value is -2.79. The Balaban J connectivity index is 2.26. The summed E-state index contributed by atoms with van der Waals surface area (Å²) in [5.41, 5.74) is 3.24. The molecule has 0 bridgehead atoms. The van der Waals surface area contributed by atoms with E-state index in [1.807, 2.05) is 24.3 Å². The highest BCUT2D eigenvalue weighted by atomic mass is 16.5. The second-order valence-electron chi connectivity index (χ2n) is 5.80. The summed E-state index contributed by atoms with van der Waals surface area (Å²) < 4.78 is 10.8. The molecule has 2 rings (SSSR count). The first-order valence-corrected chi connectivity index (χ1v) is 8.59. The number of allylic oxidation sites excluding steroid dienone is 1. The summed E-state index contributed by atoms with van der Waals surface area (Å²) in [6.45, 7) is 7.48. The first-order valence-electron chi connectivity index (χ1n) is 8.59. The number of rotatable bonds is 9. The van der Waals surface area contributed by atoms with E-state index in [9.17, 15) is 4.79 Å². The Morgan fingerprint density at radius 2 is 2.00 bits per heavy atom. The molecular formula is C21H26N2O3. The molecule has 0 atom stereocenters. The van der Waals surface area contributed by atoms with Crippen LogP contribution in [0.4, 0.5) is 5.69 Å². The molecule has 0 aromatic heterocycles. The highest BCUT2D eigenvalue weighted by Crippen LogP contribution is 2.33. The molecule has 0 aliphatic heterocycles. The lowest BCUT2D eigenvalue weighted by Gasteiger charge is -2.14. The van der Waals surface area contributed by atoms with Crippen molar-refractivity contribution in [1.82, 2.24) is 5.32 Å². The third-order valence-electron chi connectivity index (χ3n) is 3.95. The molecule has 0 unspecified atom stereocenters. The molecule has 2 N–H and O–H groups in total. The topological polar surface area (TPSA) is 59.6 Å². The number of nitrogens with one attached hydrogen (secondary N) is 2. The van der Waals surface area contributed by atoms with Crippen LogP contribution in [0.5, 0.6) is 11.5 Å². The van der Waals surface area contributed by atoms with Crippen molar-refractivity contribution in [1.29, 1.82) is 0 Å². The maximum absolute atomic E-state index is 12.7. The maximum Gasteiger partial charge on any atom is 0.255 e. The lowest BCUT2D eigenvalue weighted by atomic mass is 10.0. The largest absolute Gasteiger partial charge is 0.493 e. The van der Waals surface area contributed by atoms with Crippen molar-refractivity contribution in [3.8, 4) is 11.5 Å². The minimum atomic E-state index is -0.197. The monoisotopic (exact) mass is 354 g/mol. The van der Waals surface area contributed by atoms with Gasteiger partial charge >= 0.3 is 0 Å². The van der Waals surface area contributed by atoms with E-state index in [1.54, 1.807) is 32.4 Å². The molecule has 26 heavy (non-hydrogen) atoms. The summed E-state index contributed by atoms with van der Waals surface area (Å²) in [4.78, 5) is 12.7. The Labute approximate surface area is 155 Å². The lowest BCUT2D eigenvalue weighted by Crippen LogP contribution is -2.14. The molecule has 0 saturated heterocycles. The van der Waals surface area contributed by atoms with E-state index >= 15 is 0 Å². The number of ether oxygens (including phenoxy) is 2. The van der Waals surface area contributed by atoms with Gasteiger partial charge in [0.1, 0.15) is 0 Å². The van der Waals surface area contributed by atoms with Crippen LogP contribution in [0.25, 0.3) is 0 Å². The Kier molecular flexibility index (Phi) is 7.24. The predicted octanol–water partition coefficient (Wildman–Crippen LogP) is 3.79. The fourth-order valence-electron chi connectivity index (χ4n) is 2.71. The molecular weight excluding hydrogens is 328 g/mol. The van der Waals surface area contributed by atoms with Crippen molar-refractivity contribution in [2.24, 2.45) is 0 Å². The number of hydrogen-bond acceptors (Lipinski definition) is 4. The molecule has 2 aromatic rings. The average Bonchev–Trinajstić information content (AvgIpc) is 2.66. The van der Waals surface area contributed by atoms with Crippen LogP contribution in [0.2, 0.25) is 0 Å². The molecule has 0 heterocycles. The second kappa shape index (κ2) is 9.63. The van der Waals surface area contributed by atoms with E-state index in [0.29, 0.717) is 23.5 Å². The summed E-state index contributed by atoms with van der Waals surface area (Å²) in [6.07, 6.45) is 2.35. The summed E-state index contributed by atoms with van der Waals surface area (Å²) in [7, 11) is 3.14. The van der Waals surface area contributed by atoms with Gasteiger partial charge in [0.25, 0.3) is 5.91 Å². The number of hydrogen-bond donors (Lipinski definition) is 2. The fraction of sp³-hybridized carbons (Fsp3) is 0.286. The normalized spacial score (nSPS) is 10.3. The first-order chi connectivity index (χ1) is 12.6. The van der Waals surface area contributed by atoms with Crippen molar-refractivity contribution < 1.29 is 14.3 Å². The van der Waals surface area contributed by atoms with Crippen LogP contribution in [-0.4, -0.2) is 26.7 Å². The number of methoxy groups -OCH3 is 2. The van der Waals surface area contributed by atoms with E-state index in [4.69, 9.17) is 9.47 Å². The van der Waals surface area contributed by atoms with Crippen molar-refractivity contribution >= 4 is 11.6 Å². The van der Waals surface area contributed by atoms with E-state index < -0.39 is 0 Å². The SMILES string of the molecule is C=CCc1cc(C(=O)Nc2cccc(CNCC)c2)cc(OC)c1OC. The first kappa shape index (κ1) is 19.5. The van der Waals surface area contributed by atoms with Gasteiger partial charge in [-0.05, 0) is 42.8 Å². The van der Waals surface area contributed by atoms with E-state index in [2.05, 4.69) is 24.1 Å². The van der Waals surface area contributed by atoms with Gasteiger partial charge in [-0.1, -0.05) is 25.1 Å². The summed E-state index contributed by atoms with van der Waals surface area (Å²) in [6, 6.07) is 11.3. The Morgan fingerprint density at radius 3 is 2.65 bits per heavy atom. The van der Waals surface area contributed by atoms with Crippen LogP contribution < -0.4 is 20.1 Å². The highest BCUT2D eigenvalue weighted by Gasteiger charge is 2.16. The number of carbonyl (C=O) groups excluding carboxylic acids is 1. The Morgan fingerprint density at radius 1 is 1.19 bits per heavy atom. The number of benzene rings is 2.